The van der Waals surface area contributed by atoms with E-state index in [1.54, 1.807) is 0 Å². The number of hydrogen-bond donors (Lipinski definition) is 0. The SMILES string of the molecule is C.CCc1cc2c(o1)C(c1[c-]cccc1)(c1[c-]cccc1)c1cc(CC)oc1C21c2ccccc2Cc2ccccc21.CCc1cc2c(s1)C(c1[c-]cccc1)(c1[c-]cccc1)c1cc(CC)sc1C21c2ccccc2Cc2ccccc21.[Y].[Y]. The Morgan fingerprint density at radius 2 is 0.659 bits per heavy atom. The van der Waals surface area contributed by atoms with Crippen LogP contribution in [0.4, 0.5) is 0 Å². The van der Waals surface area contributed by atoms with Gasteiger partial charge in [-0.1, -0.05) is 132 Å². The summed E-state index contributed by atoms with van der Waals surface area (Å²) in [6, 6.07) is 94.4. The summed E-state index contributed by atoms with van der Waals surface area (Å²) < 4.78 is 14.1. The molecule has 2 spiro atoms. The molecule has 12 aromatic rings. The van der Waals surface area contributed by atoms with Gasteiger partial charge in [0, 0.05) is 114 Å². The summed E-state index contributed by atoms with van der Waals surface area (Å²) >= 11 is 4.01. The Labute approximate surface area is 560 Å². The fraction of sp³-hybridized carbons (Fsp3) is 0.190. The molecular weight excluding hydrogens is 1220 g/mol. The maximum absolute atomic E-state index is 7.09. The number of aryl methyl sites for hydroxylation is 4. The van der Waals surface area contributed by atoms with Gasteiger partial charge in [-0.15, -0.1) is 44.9 Å². The van der Waals surface area contributed by atoms with Crippen LogP contribution >= 0.6 is 22.7 Å². The van der Waals surface area contributed by atoms with Crippen molar-refractivity contribution in [3.05, 3.63) is 374 Å². The van der Waals surface area contributed by atoms with Gasteiger partial charge in [0.1, 0.15) is 28.5 Å². The molecule has 0 atom stereocenters. The molecule has 4 aliphatic carbocycles. The van der Waals surface area contributed by atoms with E-state index in [1.165, 1.54) is 86.3 Å². The Morgan fingerprint density at radius 1 is 0.341 bits per heavy atom. The first-order valence-corrected chi connectivity index (χ1v) is 30.9. The monoisotopic (exact) mass is 1290 g/mol. The largest absolute Gasteiger partial charge is 0.464 e. The molecule has 414 valence electrons. The zero-order valence-corrected chi connectivity index (χ0v) is 55.1. The van der Waals surface area contributed by atoms with E-state index >= 15 is 0 Å². The van der Waals surface area contributed by atoms with E-state index < -0.39 is 16.2 Å². The predicted octanol–water partition coefficient (Wildman–Crippen LogP) is 18.7. The minimum atomic E-state index is -0.774. The zero-order valence-electron chi connectivity index (χ0n) is 47.8. The molecule has 4 aromatic heterocycles. The van der Waals surface area contributed by atoms with Crippen molar-refractivity contribution in [1.82, 2.24) is 0 Å². The van der Waals surface area contributed by atoms with Gasteiger partial charge in [-0.3, -0.25) is 0 Å². The summed E-state index contributed by atoms with van der Waals surface area (Å²) in [5.41, 5.74) is 18.2. The maximum Gasteiger partial charge on any atom is 0.128 e. The van der Waals surface area contributed by atoms with Crippen LogP contribution in [0.3, 0.4) is 0 Å². The summed E-state index contributed by atoms with van der Waals surface area (Å²) in [6.07, 6.45) is 5.47. The van der Waals surface area contributed by atoms with E-state index in [-0.39, 0.29) is 78.3 Å². The van der Waals surface area contributed by atoms with Crippen LogP contribution in [0.25, 0.3) is 0 Å². The van der Waals surface area contributed by atoms with Crippen molar-refractivity contribution in [3.63, 3.8) is 0 Å². The van der Waals surface area contributed by atoms with Crippen molar-refractivity contribution in [1.29, 1.82) is 0 Å². The van der Waals surface area contributed by atoms with Gasteiger partial charge < -0.3 is 8.83 Å². The van der Waals surface area contributed by atoms with Crippen molar-refractivity contribution in [2.75, 3.05) is 0 Å². The minimum absolute atomic E-state index is 0. The van der Waals surface area contributed by atoms with Crippen LogP contribution < -0.4 is 0 Å². The molecule has 8 aromatic carbocycles. The van der Waals surface area contributed by atoms with Crippen LogP contribution in [0.2, 0.25) is 0 Å². The normalized spacial score (nSPS) is 15.0. The van der Waals surface area contributed by atoms with Crippen molar-refractivity contribution in [3.8, 4) is 0 Å². The molecule has 0 saturated carbocycles. The fourth-order valence-corrected chi connectivity index (χ4v) is 17.8. The number of hydrogen-bond acceptors (Lipinski definition) is 4. The molecule has 0 fully saturated rings. The van der Waals surface area contributed by atoms with Crippen LogP contribution in [0.15, 0.2) is 227 Å². The van der Waals surface area contributed by atoms with Gasteiger partial charge >= 0.3 is 0 Å². The van der Waals surface area contributed by atoms with E-state index in [4.69, 9.17) is 8.83 Å². The molecule has 0 saturated heterocycles. The van der Waals surface area contributed by atoms with Crippen LogP contribution in [0.1, 0.15) is 167 Å². The smallest absolute Gasteiger partial charge is 0.128 e. The minimum Gasteiger partial charge on any atom is -0.464 e. The van der Waals surface area contributed by atoms with Crippen LogP contribution in [0.5, 0.6) is 0 Å². The number of benzene rings is 8. The van der Waals surface area contributed by atoms with Crippen LogP contribution in [-0.2, 0) is 126 Å². The first kappa shape index (κ1) is 59.3. The molecule has 0 N–H and O–H groups in total. The molecule has 4 aliphatic rings. The van der Waals surface area contributed by atoms with Crippen LogP contribution in [0, 0.1) is 24.3 Å². The van der Waals surface area contributed by atoms with Gasteiger partial charge in [-0.05, 0) is 106 Å². The molecule has 2 radical (unpaired) electrons. The first-order valence-electron chi connectivity index (χ1n) is 29.2. The van der Waals surface area contributed by atoms with Gasteiger partial charge in [0.25, 0.3) is 0 Å². The second-order valence-electron chi connectivity index (χ2n) is 22.3. The number of fused-ring (bicyclic) bond motifs is 16. The molecule has 6 heteroatoms. The fourth-order valence-electron chi connectivity index (χ4n) is 15.0. The van der Waals surface area contributed by atoms with E-state index in [1.807, 2.05) is 46.9 Å². The summed E-state index contributed by atoms with van der Waals surface area (Å²) in [6.45, 7) is 8.92. The van der Waals surface area contributed by atoms with Crippen molar-refractivity contribution in [2.45, 2.75) is 95.3 Å². The summed E-state index contributed by atoms with van der Waals surface area (Å²) in [7, 11) is 0. The second kappa shape index (κ2) is 23.6. The van der Waals surface area contributed by atoms with Crippen molar-refractivity contribution in [2.24, 2.45) is 0 Å². The van der Waals surface area contributed by atoms with Gasteiger partial charge in [0.05, 0.1) is 10.8 Å². The number of furan rings is 2. The maximum atomic E-state index is 7.09. The molecule has 16 rings (SSSR count). The Morgan fingerprint density at radius 3 is 1.02 bits per heavy atom. The molecule has 85 heavy (non-hydrogen) atoms. The Kier molecular flexibility index (Phi) is 16.4. The third-order valence-electron chi connectivity index (χ3n) is 18.4. The summed E-state index contributed by atoms with van der Waals surface area (Å²) in [5, 5.41) is 0. The average Bonchev–Trinajstić information content (AvgIpc) is 1.69. The molecular formula is C79H64O2S2Y2-4. The molecule has 0 bridgehead atoms. The summed E-state index contributed by atoms with van der Waals surface area (Å²) in [5.74, 6) is 3.83. The van der Waals surface area contributed by atoms with Crippen LogP contribution in [-0.4, -0.2) is 0 Å². The quantitative estimate of drug-likeness (QED) is 0.142. The Balaban J connectivity index is 0.000000161. The van der Waals surface area contributed by atoms with E-state index in [0.717, 1.165) is 83.8 Å². The third kappa shape index (κ3) is 8.50. The molecule has 0 aliphatic heterocycles. The summed E-state index contributed by atoms with van der Waals surface area (Å²) in [4.78, 5) is 5.73. The van der Waals surface area contributed by atoms with E-state index in [2.05, 4.69) is 246 Å². The van der Waals surface area contributed by atoms with Gasteiger partial charge in [0.2, 0.25) is 0 Å². The standard InChI is InChI=1S/C39H30O2.C39H30S2.CH4.2Y/c2*1-3-30-24-34-37(41-30)39(32-21-13-11-15-26(32)23-27-16-12-14-22-33(27)39)35-25-31(4-2)40-36(35)38(34,28-17-7-5-8-18-28)29-19-9-6-10-20-29;;;/h2*5-17,19,21-22,24-25H,3-4,23H2,1-2H3;1H4;;/q2*-2;;;. The van der Waals surface area contributed by atoms with E-state index in [9.17, 15) is 0 Å². The zero-order chi connectivity index (χ0) is 55.2. The topological polar surface area (TPSA) is 26.3 Å². The molecule has 0 unspecified atom stereocenters. The predicted molar refractivity (Wildman–Crippen MR) is 339 cm³/mol. The average molecular weight is 1290 g/mol. The third-order valence-corrected chi connectivity index (χ3v) is 21.2. The van der Waals surface area contributed by atoms with Gasteiger partial charge in [-0.2, -0.15) is 121 Å². The van der Waals surface area contributed by atoms with Crippen molar-refractivity contribution < 1.29 is 74.3 Å². The Hall–Kier alpha value is -6.07. The first-order chi connectivity index (χ1) is 40.4. The van der Waals surface area contributed by atoms with E-state index in [0.29, 0.717) is 0 Å². The van der Waals surface area contributed by atoms with Gasteiger partial charge in [0.15, 0.2) is 0 Å². The second-order valence-corrected chi connectivity index (χ2v) is 24.6. The number of thiophene rings is 2. The molecule has 0 amide bonds. The Bertz CT molecular complexity index is 3790. The molecule has 2 nitrogen and oxygen atoms in total. The van der Waals surface area contributed by atoms with Gasteiger partial charge in [-0.25, -0.2) is 0 Å². The van der Waals surface area contributed by atoms with Crippen molar-refractivity contribution >= 4 is 22.7 Å². The molecule has 4 heterocycles. The number of rotatable bonds is 8.